The number of hydrogen-bond donors (Lipinski definition) is 4. The molecule has 0 aromatic heterocycles. The zero-order valence-electron chi connectivity index (χ0n) is 9.87. The Morgan fingerprint density at radius 2 is 1.42 bits per heavy atom. The molecule has 1 aromatic carbocycles. The quantitative estimate of drug-likeness (QED) is 0.577. The van der Waals surface area contributed by atoms with E-state index in [2.05, 4.69) is 5.32 Å². The predicted molar refractivity (Wildman–Crippen MR) is 64.9 cm³/mol. The molecule has 0 atom stereocenters. The Labute approximate surface area is 108 Å². The van der Waals surface area contributed by atoms with E-state index in [4.69, 9.17) is 10.2 Å². The van der Waals surface area contributed by atoms with E-state index in [0.717, 1.165) is 0 Å². The third kappa shape index (κ3) is 3.98. The van der Waals surface area contributed by atoms with E-state index >= 15 is 0 Å². The fourth-order valence-electron chi connectivity index (χ4n) is 1.67. The molecule has 0 bridgehead atoms. The van der Waals surface area contributed by atoms with Crippen molar-refractivity contribution < 1.29 is 29.7 Å². The van der Waals surface area contributed by atoms with Gasteiger partial charge >= 0.3 is 17.9 Å². The molecule has 19 heavy (non-hydrogen) atoms. The van der Waals surface area contributed by atoms with Gasteiger partial charge in [0.05, 0.1) is 12.8 Å². The van der Waals surface area contributed by atoms with Crippen molar-refractivity contribution in [3.05, 3.63) is 30.3 Å². The number of nitrogens with one attached hydrogen (secondary N) is 1. The van der Waals surface area contributed by atoms with Crippen LogP contribution in [0.5, 0.6) is 0 Å². The standard InChI is InChI=1S/C12H13NO6/c14-9(15)6-12(11(18)19,7-10(16)17)13-8-4-2-1-3-5-8/h1-5,13H,6-7H2,(H,14,15)(H,16,17)(H,18,19). The summed E-state index contributed by atoms with van der Waals surface area (Å²) in [5.74, 6) is -4.32. The number of benzene rings is 1. The average molecular weight is 267 g/mol. The van der Waals surface area contributed by atoms with Crippen molar-refractivity contribution in [2.45, 2.75) is 18.4 Å². The minimum Gasteiger partial charge on any atom is -0.481 e. The molecular formula is C12H13NO6. The number of anilines is 1. The number of aliphatic carboxylic acids is 3. The van der Waals surface area contributed by atoms with Crippen LogP contribution in [0.2, 0.25) is 0 Å². The fourth-order valence-corrected chi connectivity index (χ4v) is 1.67. The van der Waals surface area contributed by atoms with E-state index < -0.39 is 36.3 Å². The largest absolute Gasteiger partial charge is 0.481 e. The van der Waals surface area contributed by atoms with Crippen molar-refractivity contribution >= 4 is 23.6 Å². The summed E-state index contributed by atoms with van der Waals surface area (Å²) < 4.78 is 0. The van der Waals surface area contributed by atoms with Crippen LogP contribution in [0.25, 0.3) is 0 Å². The molecule has 0 saturated carbocycles. The number of carbonyl (C=O) groups is 3. The number of para-hydroxylation sites is 1. The first-order valence-corrected chi connectivity index (χ1v) is 5.36. The second-order valence-corrected chi connectivity index (χ2v) is 4.02. The summed E-state index contributed by atoms with van der Waals surface area (Å²) in [7, 11) is 0. The minimum absolute atomic E-state index is 0.340. The summed E-state index contributed by atoms with van der Waals surface area (Å²) in [5, 5.41) is 29.3. The molecule has 7 nitrogen and oxygen atoms in total. The van der Waals surface area contributed by atoms with Gasteiger partial charge in [-0.05, 0) is 12.1 Å². The maximum atomic E-state index is 11.3. The van der Waals surface area contributed by atoms with Crippen LogP contribution in [-0.2, 0) is 14.4 Å². The number of carboxylic acids is 3. The molecule has 0 aliphatic heterocycles. The molecule has 0 aliphatic carbocycles. The van der Waals surface area contributed by atoms with Crippen LogP contribution in [-0.4, -0.2) is 38.8 Å². The van der Waals surface area contributed by atoms with Gasteiger partial charge in [-0.15, -0.1) is 0 Å². The fraction of sp³-hybridized carbons (Fsp3) is 0.250. The van der Waals surface area contributed by atoms with Crippen molar-refractivity contribution in [2.24, 2.45) is 0 Å². The van der Waals surface area contributed by atoms with Gasteiger partial charge in [-0.3, -0.25) is 9.59 Å². The Morgan fingerprint density at radius 1 is 0.947 bits per heavy atom. The van der Waals surface area contributed by atoms with Crippen LogP contribution in [0.1, 0.15) is 12.8 Å². The highest BCUT2D eigenvalue weighted by Gasteiger charge is 2.43. The summed E-state index contributed by atoms with van der Waals surface area (Å²) in [4.78, 5) is 32.9. The smallest absolute Gasteiger partial charge is 0.330 e. The molecule has 0 spiro atoms. The Hall–Kier alpha value is -2.57. The van der Waals surface area contributed by atoms with Crippen LogP contribution < -0.4 is 5.32 Å². The summed E-state index contributed by atoms with van der Waals surface area (Å²) in [6.45, 7) is 0. The molecule has 0 radical (unpaired) electrons. The van der Waals surface area contributed by atoms with Gasteiger partial charge in [0.1, 0.15) is 0 Å². The van der Waals surface area contributed by atoms with Crippen LogP contribution in [0.4, 0.5) is 5.69 Å². The molecule has 0 heterocycles. The topological polar surface area (TPSA) is 124 Å². The first-order chi connectivity index (χ1) is 8.85. The average Bonchev–Trinajstić information content (AvgIpc) is 2.27. The lowest BCUT2D eigenvalue weighted by Gasteiger charge is -2.28. The molecule has 7 heteroatoms. The Balaban J connectivity index is 3.11. The van der Waals surface area contributed by atoms with E-state index in [0.29, 0.717) is 5.69 Å². The lowest BCUT2D eigenvalue weighted by atomic mass is 9.90. The molecule has 1 aromatic rings. The summed E-state index contributed by atoms with van der Waals surface area (Å²) in [5.41, 5.74) is -1.74. The van der Waals surface area contributed by atoms with Crippen molar-refractivity contribution in [1.29, 1.82) is 0 Å². The molecular weight excluding hydrogens is 254 g/mol. The second kappa shape index (κ2) is 5.85. The van der Waals surface area contributed by atoms with Gasteiger partial charge in [-0.25, -0.2) is 4.79 Å². The van der Waals surface area contributed by atoms with Gasteiger partial charge < -0.3 is 20.6 Å². The highest BCUT2D eigenvalue weighted by atomic mass is 16.4. The minimum atomic E-state index is -2.08. The number of rotatable bonds is 7. The van der Waals surface area contributed by atoms with Gasteiger partial charge in [-0.2, -0.15) is 0 Å². The summed E-state index contributed by atoms with van der Waals surface area (Å²) >= 11 is 0. The lowest BCUT2D eigenvalue weighted by molar-refractivity contribution is -0.152. The lowest BCUT2D eigenvalue weighted by Crippen LogP contribution is -2.49. The monoisotopic (exact) mass is 267 g/mol. The zero-order valence-corrected chi connectivity index (χ0v) is 9.87. The highest BCUT2D eigenvalue weighted by molar-refractivity contribution is 5.92. The van der Waals surface area contributed by atoms with Gasteiger partial charge in [0.25, 0.3) is 0 Å². The van der Waals surface area contributed by atoms with Gasteiger partial charge in [-0.1, -0.05) is 18.2 Å². The van der Waals surface area contributed by atoms with Gasteiger partial charge in [0, 0.05) is 5.69 Å². The van der Waals surface area contributed by atoms with Gasteiger partial charge in [0.2, 0.25) is 0 Å². The normalized spacial score (nSPS) is 10.7. The van der Waals surface area contributed by atoms with E-state index in [-0.39, 0.29) is 0 Å². The van der Waals surface area contributed by atoms with E-state index in [1.165, 1.54) is 12.1 Å². The zero-order chi connectivity index (χ0) is 14.5. The van der Waals surface area contributed by atoms with Crippen molar-refractivity contribution in [2.75, 3.05) is 5.32 Å². The molecule has 1 rings (SSSR count). The van der Waals surface area contributed by atoms with Crippen molar-refractivity contribution in [1.82, 2.24) is 0 Å². The molecule has 0 aliphatic rings. The first kappa shape index (κ1) is 14.5. The summed E-state index contributed by atoms with van der Waals surface area (Å²) in [6.07, 6.45) is -1.69. The number of hydrogen-bond acceptors (Lipinski definition) is 4. The maximum absolute atomic E-state index is 11.3. The third-order valence-electron chi connectivity index (χ3n) is 2.47. The molecule has 0 fully saturated rings. The van der Waals surface area contributed by atoms with Gasteiger partial charge in [0.15, 0.2) is 5.54 Å². The summed E-state index contributed by atoms with van der Waals surface area (Å²) in [6, 6.07) is 8.00. The highest BCUT2D eigenvalue weighted by Crippen LogP contribution is 2.23. The number of carboxylic acid groups (broad SMARTS) is 3. The predicted octanol–water partition coefficient (Wildman–Crippen LogP) is 0.871. The van der Waals surface area contributed by atoms with Crippen LogP contribution >= 0.6 is 0 Å². The van der Waals surface area contributed by atoms with E-state index in [9.17, 15) is 19.5 Å². The Kier molecular flexibility index (Phi) is 4.46. The maximum Gasteiger partial charge on any atom is 0.330 e. The molecule has 4 N–H and O–H groups in total. The van der Waals surface area contributed by atoms with Crippen LogP contribution in [0.15, 0.2) is 30.3 Å². The molecule has 0 unspecified atom stereocenters. The Bertz CT molecular complexity index is 468. The molecule has 102 valence electrons. The second-order valence-electron chi connectivity index (χ2n) is 4.02. The van der Waals surface area contributed by atoms with Crippen molar-refractivity contribution in [3.63, 3.8) is 0 Å². The molecule has 0 saturated heterocycles. The SMILES string of the molecule is O=C(O)CC(CC(=O)O)(Nc1ccccc1)C(=O)O. The first-order valence-electron chi connectivity index (χ1n) is 5.36. The van der Waals surface area contributed by atoms with Crippen LogP contribution in [0, 0.1) is 0 Å². The molecule has 0 amide bonds. The van der Waals surface area contributed by atoms with Crippen molar-refractivity contribution in [3.8, 4) is 0 Å². The van der Waals surface area contributed by atoms with E-state index in [1.54, 1.807) is 18.2 Å². The Morgan fingerprint density at radius 3 is 1.79 bits per heavy atom. The third-order valence-corrected chi connectivity index (χ3v) is 2.47. The van der Waals surface area contributed by atoms with E-state index in [1.807, 2.05) is 0 Å². The van der Waals surface area contributed by atoms with Crippen LogP contribution in [0.3, 0.4) is 0 Å².